The van der Waals surface area contributed by atoms with Crippen LogP contribution in [0.1, 0.15) is 43.7 Å². The van der Waals surface area contributed by atoms with Gasteiger partial charge in [-0.2, -0.15) is 0 Å². The van der Waals surface area contributed by atoms with Crippen molar-refractivity contribution in [3.63, 3.8) is 0 Å². The Kier molecular flexibility index (Phi) is 3.87. The predicted octanol–water partition coefficient (Wildman–Crippen LogP) is 4.07. The Hall–Kier alpha value is -1.22. The van der Waals surface area contributed by atoms with E-state index < -0.39 is 0 Å². The first-order chi connectivity index (χ1) is 10.1. The molecule has 116 valence electrons. The molecule has 1 spiro atoms. The molecule has 0 bridgehead atoms. The van der Waals surface area contributed by atoms with E-state index in [1.165, 1.54) is 36.1 Å². The zero-order valence-electron chi connectivity index (χ0n) is 13.7. The van der Waals surface area contributed by atoms with Crippen molar-refractivity contribution in [3.05, 3.63) is 23.3 Å². The van der Waals surface area contributed by atoms with Gasteiger partial charge in [-0.15, -0.1) is 0 Å². The van der Waals surface area contributed by atoms with Crippen molar-refractivity contribution in [1.82, 2.24) is 0 Å². The van der Waals surface area contributed by atoms with Gasteiger partial charge in [-0.3, -0.25) is 0 Å². The smallest absolute Gasteiger partial charge is 0.126 e. The van der Waals surface area contributed by atoms with E-state index in [0.29, 0.717) is 17.6 Å². The SMILES string of the molecule is CCOC1CC(Nc2ccc(C)c(OC)c2C)C12CCC2. The zero-order valence-corrected chi connectivity index (χ0v) is 13.7. The molecule has 2 aliphatic carbocycles. The lowest BCUT2D eigenvalue weighted by Crippen LogP contribution is -2.64. The largest absolute Gasteiger partial charge is 0.496 e. The van der Waals surface area contributed by atoms with Gasteiger partial charge in [0.2, 0.25) is 0 Å². The lowest BCUT2D eigenvalue weighted by Gasteiger charge is -2.61. The topological polar surface area (TPSA) is 30.5 Å². The highest BCUT2D eigenvalue weighted by molar-refractivity contribution is 5.60. The van der Waals surface area contributed by atoms with Gasteiger partial charge in [-0.1, -0.05) is 12.5 Å². The maximum atomic E-state index is 5.93. The lowest BCUT2D eigenvalue weighted by atomic mass is 9.51. The Morgan fingerprint density at radius 3 is 2.62 bits per heavy atom. The molecule has 21 heavy (non-hydrogen) atoms. The standard InChI is InChI=1S/C18H27NO2/c1-5-21-16-11-15(18(16)9-6-10-18)19-14-8-7-12(2)17(20-4)13(14)3/h7-8,15-16,19H,5-6,9-11H2,1-4H3. The Labute approximate surface area is 128 Å². The van der Waals surface area contributed by atoms with Crippen LogP contribution in [0.25, 0.3) is 0 Å². The molecule has 1 aromatic carbocycles. The molecule has 2 saturated carbocycles. The molecule has 2 atom stereocenters. The quantitative estimate of drug-likeness (QED) is 0.886. The van der Waals surface area contributed by atoms with Crippen molar-refractivity contribution in [2.75, 3.05) is 19.0 Å². The van der Waals surface area contributed by atoms with Crippen LogP contribution in [0.15, 0.2) is 12.1 Å². The third kappa shape index (κ3) is 2.22. The number of hydrogen-bond donors (Lipinski definition) is 1. The van der Waals surface area contributed by atoms with Gasteiger partial charge in [0.15, 0.2) is 0 Å². The minimum Gasteiger partial charge on any atom is -0.496 e. The van der Waals surface area contributed by atoms with Gasteiger partial charge in [-0.05, 0) is 51.7 Å². The first-order valence-electron chi connectivity index (χ1n) is 8.14. The third-order valence-electron chi connectivity index (χ3n) is 5.57. The highest BCUT2D eigenvalue weighted by atomic mass is 16.5. The Morgan fingerprint density at radius 2 is 2.05 bits per heavy atom. The van der Waals surface area contributed by atoms with Crippen molar-refractivity contribution in [3.8, 4) is 5.75 Å². The van der Waals surface area contributed by atoms with Crippen LogP contribution in [0.3, 0.4) is 0 Å². The van der Waals surface area contributed by atoms with E-state index in [0.717, 1.165) is 18.8 Å². The summed E-state index contributed by atoms with van der Waals surface area (Å²) < 4.78 is 11.5. The summed E-state index contributed by atoms with van der Waals surface area (Å²) >= 11 is 0. The fraction of sp³-hybridized carbons (Fsp3) is 0.667. The number of ether oxygens (including phenoxy) is 2. The molecule has 3 rings (SSSR count). The second-order valence-corrected chi connectivity index (χ2v) is 6.55. The van der Waals surface area contributed by atoms with Crippen LogP contribution in [-0.2, 0) is 4.74 Å². The number of methoxy groups -OCH3 is 1. The number of rotatable bonds is 5. The summed E-state index contributed by atoms with van der Waals surface area (Å²) in [6, 6.07) is 4.88. The van der Waals surface area contributed by atoms with Crippen molar-refractivity contribution in [2.45, 2.75) is 58.6 Å². The molecule has 0 aliphatic heterocycles. The molecule has 2 unspecified atom stereocenters. The molecule has 3 nitrogen and oxygen atoms in total. The van der Waals surface area contributed by atoms with E-state index in [2.05, 4.69) is 38.2 Å². The molecule has 0 heterocycles. The third-order valence-corrected chi connectivity index (χ3v) is 5.57. The number of aryl methyl sites for hydroxylation is 1. The van der Waals surface area contributed by atoms with E-state index in [1.807, 2.05) is 0 Å². The highest BCUT2D eigenvalue weighted by Crippen LogP contribution is 2.58. The number of nitrogens with one attached hydrogen (secondary N) is 1. The molecule has 2 fully saturated rings. The van der Waals surface area contributed by atoms with Crippen LogP contribution in [0.4, 0.5) is 5.69 Å². The van der Waals surface area contributed by atoms with Gasteiger partial charge in [-0.25, -0.2) is 0 Å². The van der Waals surface area contributed by atoms with Crippen LogP contribution in [0.2, 0.25) is 0 Å². The fourth-order valence-corrected chi connectivity index (χ4v) is 4.13. The minimum absolute atomic E-state index is 0.389. The van der Waals surface area contributed by atoms with Gasteiger partial charge in [0.25, 0.3) is 0 Å². The van der Waals surface area contributed by atoms with Crippen molar-refractivity contribution in [1.29, 1.82) is 0 Å². The molecule has 3 heteroatoms. The van der Waals surface area contributed by atoms with E-state index in [4.69, 9.17) is 9.47 Å². The van der Waals surface area contributed by atoms with Crippen LogP contribution < -0.4 is 10.1 Å². The average Bonchev–Trinajstić information content (AvgIpc) is 2.38. The Bertz CT molecular complexity index is 522. The summed E-state index contributed by atoms with van der Waals surface area (Å²) in [5.41, 5.74) is 4.01. The number of benzene rings is 1. The normalized spacial score (nSPS) is 26.1. The molecule has 0 aromatic heterocycles. The van der Waals surface area contributed by atoms with Crippen molar-refractivity contribution in [2.24, 2.45) is 5.41 Å². The second-order valence-electron chi connectivity index (χ2n) is 6.55. The summed E-state index contributed by atoms with van der Waals surface area (Å²) in [6.45, 7) is 7.16. The summed E-state index contributed by atoms with van der Waals surface area (Å²) in [4.78, 5) is 0. The van der Waals surface area contributed by atoms with Crippen molar-refractivity contribution < 1.29 is 9.47 Å². The Morgan fingerprint density at radius 1 is 1.29 bits per heavy atom. The predicted molar refractivity (Wildman–Crippen MR) is 86.2 cm³/mol. The first-order valence-corrected chi connectivity index (χ1v) is 8.14. The van der Waals surface area contributed by atoms with E-state index >= 15 is 0 Å². The maximum Gasteiger partial charge on any atom is 0.126 e. The molecule has 0 radical (unpaired) electrons. The van der Waals surface area contributed by atoms with Crippen molar-refractivity contribution >= 4 is 5.69 Å². The van der Waals surface area contributed by atoms with Crippen LogP contribution in [0, 0.1) is 19.3 Å². The zero-order chi connectivity index (χ0) is 15.0. The van der Waals surface area contributed by atoms with Crippen LogP contribution in [-0.4, -0.2) is 25.9 Å². The first kappa shape index (κ1) is 14.7. The summed E-state index contributed by atoms with van der Waals surface area (Å²) in [5, 5.41) is 3.77. The molecule has 2 aliphatic rings. The van der Waals surface area contributed by atoms with Gasteiger partial charge in [0.1, 0.15) is 5.75 Å². The molecule has 0 saturated heterocycles. The molecule has 1 aromatic rings. The maximum absolute atomic E-state index is 5.93. The summed E-state index contributed by atoms with van der Waals surface area (Å²) in [7, 11) is 1.75. The minimum atomic E-state index is 0.389. The number of anilines is 1. The monoisotopic (exact) mass is 289 g/mol. The summed E-state index contributed by atoms with van der Waals surface area (Å²) in [5.74, 6) is 1.00. The number of hydrogen-bond acceptors (Lipinski definition) is 3. The van der Waals surface area contributed by atoms with Gasteiger partial charge in [0, 0.05) is 29.3 Å². The van der Waals surface area contributed by atoms with Crippen LogP contribution >= 0.6 is 0 Å². The molecule has 0 amide bonds. The highest BCUT2D eigenvalue weighted by Gasteiger charge is 2.58. The van der Waals surface area contributed by atoms with E-state index in [-0.39, 0.29) is 0 Å². The average molecular weight is 289 g/mol. The second kappa shape index (κ2) is 5.53. The van der Waals surface area contributed by atoms with Gasteiger partial charge in [0.05, 0.1) is 13.2 Å². The van der Waals surface area contributed by atoms with E-state index in [1.54, 1.807) is 7.11 Å². The van der Waals surface area contributed by atoms with Gasteiger partial charge < -0.3 is 14.8 Å². The lowest BCUT2D eigenvalue weighted by molar-refractivity contribution is -0.157. The summed E-state index contributed by atoms with van der Waals surface area (Å²) in [6.07, 6.45) is 5.54. The van der Waals surface area contributed by atoms with Gasteiger partial charge >= 0.3 is 0 Å². The van der Waals surface area contributed by atoms with Crippen LogP contribution in [0.5, 0.6) is 5.75 Å². The molecular formula is C18H27NO2. The molecular weight excluding hydrogens is 262 g/mol. The Balaban J connectivity index is 1.76. The van der Waals surface area contributed by atoms with E-state index in [9.17, 15) is 0 Å². The molecule has 1 N–H and O–H groups in total. The fourth-order valence-electron chi connectivity index (χ4n) is 4.13.